The monoisotopic (exact) mass is 259 g/mol. The molecule has 0 saturated carbocycles. The zero-order valence-electron chi connectivity index (χ0n) is 10.7. The lowest BCUT2D eigenvalue weighted by Gasteiger charge is -2.29. The number of carbonyl (C=O) groups is 1. The highest BCUT2D eigenvalue weighted by atomic mass is 16.4. The Balaban J connectivity index is 1.68. The summed E-state index contributed by atoms with van der Waals surface area (Å²) in [6, 6.07) is 5.96. The molecule has 0 bridgehead atoms. The standard InChI is InChI=1S/C14H17N3O2/c18-14(19)11-4-7-16(8-5-11)10-12-9-15-13-3-1-2-6-17(12)13/h1-3,6,9,11H,4-5,7-8,10H2,(H,18,19). The first-order valence-electron chi connectivity index (χ1n) is 6.60. The molecule has 3 rings (SSSR count). The maximum atomic E-state index is 10.9. The lowest BCUT2D eigenvalue weighted by molar-refractivity contribution is -0.143. The largest absolute Gasteiger partial charge is 0.481 e. The zero-order valence-corrected chi connectivity index (χ0v) is 10.7. The van der Waals surface area contributed by atoms with Crippen molar-refractivity contribution in [3.05, 3.63) is 36.3 Å². The summed E-state index contributed by atoms with van der Waals surface area (Å²) in [6.07, 6.45) is 5.40. The van der Waals surface area contributed by atoms with E-state index < -0.39 is 5.97 Å². The smallest absolute Gasteiger partial charge is 0.306 e. The van der Waals surface area contributed by atoms with Crippen molar-refractivity contribution in [3.8, 4) is 0 Å². The van der Waals surface area contributed by atoms with Gasteiger partial charge >= 0.3 is 5.97 Å². The van der Waals surface area contributed by atoms with Gasteiger partial charge in [0.15, 0.2) is 0 Å². The fourth-order valence-corrected chi connectivity index (χ4v) is 2.67. The predicted molar refractivity (Wildman–Crippen MR) is 70.8 cm³/mol. The van der Waals surface area contributed by atoms with Crippen molar-refractivity contribution in [1.82, 2.24) is 14.3 Å². The Morgan fingerprint density at radius 2 is 2.16 bits per heavy atom. The number of rotatable bonds is 3. The fraction of sp³-hybridized carbons (Fsp3) is 0.429. The number of hydrogen-bond donors (Lipinski definition) is 1. The van der Waals surface area contributed by atoms with Crippen molar-refractivity contribution in [2.75, 3.05) is 13.1 Å². The van der Waals surface area contributed by atoms with Gasteiger partial charge in [0.25, 0.3) is 0 Å². The first-order valence-corrected chi connectivity index (χ1v) is 6.60. The molecule has 3 heterocycles. The number of aliphatic carboxylic acids is 1. The molecule has 0 atom stereocenters. The second-order valence-electron chi connectivity index (χ2n) is 5.07. The molecule has 2 aromatic rings. The van der Waals surface area contributed by atoms with Gasteiger partial charge in [-0.05, 0) is 38.1 Å². The third kappa shape index (κ3) is 2.46. The van der Waals surface area contributed by atoms with Crippen molar-refractivity contribution in [2.45, 2.75) is 19.4 Å². The molecular formula is C14H17N3O2. The van der Waals surface area contributed by atoms with Crippen molar-refractivity contribution >= 4 is 11.6 Å². The van der Waals surface area contributed by atoms with Crippen molar-refractivity contribution in [3.63, 3.8) is 0 Å². The highest BCUT2D eigenvalue weighted by Gasteiger charge is 2.24. The number of imidazole rings is 1. The molecule has 1 aliphatic rings. The predicted octanol–water partition coefficient (Wildman–Crippen LogP) is 1.63. The summed E-state index contributed by atoms with van der Waals surface area (Å²) in [4.78, 5) is 17.6. The van der Waals surface area contributed by atoms with Crippen LogP contribution in [0.2, 0.25) is 0 Å². The molecule has 2 aromatic heterocycles. The Morgan fingerprint density at radius 3 is 2.89 bits per heavy atom. The van der Waals surface area contributed by atoms with E-state index >= 15 is 0 Å². The molecule has 0 radical (unpaired) electrons. The van der Waals surface area contributed by atoms with Crippen LogP contribution in [-0.4, -0.2) is 38.4 Å². The van der Waals surface area contributed by atoms with Crippen molar-refractivity contribution in [1.29, 1.82) is 0 Å². The molecule has 0 amide bonds. The van der Waals surface area contributed by atoms with Crippen LogP contribution in [0.4, 0.5) is 0 Å². The van der Waals surface area contributed by atoms with Gasteiger partial charge in [-0.2, -0.15) is 0 Å². The van der Waals surface area contributed by atoms with Gasteiger partial charge in [0.1, 0.15) is 5.65 Å². The van der Waals surface area contributed by atoms with Gasteiger partial charge in [0.05, 0.1) is 17.8 Å². The maximum Gasteiger partial charge on any atom is 0.306 e. The summed E-state index contributed by atoms with van der Waals surface area (Å²) in [5.41, 5.74) is 2.11. The van der Waals surface area contributed by atoms with Crippen LogP contribution in [0, 0.1) is 5.92 Å². The van der Waals surface area contributed by atoms with Crippen LogP contribution < -0.4 is 0 Å². The molecule has 0 aromatic carbocycles. The fourth-order valence-electron chi connectivity index (χ4n) is 2.67. The summed E-state index contributed by atoms with van der Waals surface area (Å²) in [5.74, 6) is -0.826. The molecule has 5 nitrogen and oxygen atoms in total. The molecular weight excluding hydrogens is 242 g/mol. The Bertz CT molecular complexity index is 585. The number of piperidine rings is 1. The third-order valence-corrected chi connectivity index (χ3v) is 3.82. The van der Waals surface area contributed by atoms with Crippen LogP contribution in [0.3, 0.4) is 0 Å². The molecule has 19 heavy (non-hydrogen) atoms. The number of fused-ring (bicyclic) bond motifs is 1. The van der Waals surface area contributed by atoms with Crippen LogP contribution in [0.25, 0.3) is 5.65 Å². The Kier molecular flexibility index (Phi) is 3.21. The van der Waals surface area contributed by atoms with Crippen LogP contribution in [-0.2, 0) is 11.3 Å². The molecule has 5 heteroatoms. The number of aromatic nitrogens is 2. The number of nitrogens with zero attached hydrogens (tertiary/aromatic N) is 3. The van der Waals surface area contributed by atoms with E-state index in [0.29, 0.717) is 0 Å². The molecule has 1 saturated heterocycles. The number of carboxylic acids is 1. The van der Waals surface area contributed by atoms with Gasteiger partial charge in [0, 0.05) is 12.7 Å². The highest BCUT2D eigenvalue weighted by Crippen LogP contribution is 2.19. The zero-order chi connectivity index (χ0) is 13.2. The number of hydrogen-bond acceptors (Lipinski definition) is 3. The molecule has 1 fully saturated rings. The van der Waals surface area contributed by atoms with E-state index in [4.69, 9.17) is 5.11 Å². The van der Waals surface area contributed by atoms with Crippen LogP contribution in [0.15, 0.2) is 30.6 Å². The van der Waals surface area contributed by atoms with Gasteiger partial charge in [0.2, 0.25) is 0 Å². The van der Waals surface area contributed by atoms with E-state index in [0.717, 1.165) is 43.8 Å². The van der Waals surface area contributed by atoms with E-state index in [2.05, 4.69) is 14.3 Å². The topological polar surface area (TPSA) is 57.8 Å². The minimum Gasteiger partial charge on any atom is -0.481 e. The van der Waals surface area contributed by atoms with Crippen molar-refractivity contribution < 1.29 is 9.90 Å². The number of carboxylic acid groups (broad SMARTS) is 1. The Morgan fingerprint density at radius 1 is 1.37 bits per heavy atom. The van der Waals surface area contributed by atoms with Crippen LogP contribution >= 0.6 is 0 Å². The summed E-state index contributed by atoms with van der Waals surface area (Å²) >= 11 is 0. The van der Waals surface area contributed by atoms with Gasteiger partial charge in [-0.3, -0.25) is 9.69 Å². The Labute approximate surface area is 111 Å². The van der Waals surface area contributed by atoms with Crippen LogP contribution in [0.5, 0.6) is 0 Å². The molecule has 0 unspecified atom stereocenters. The normalized spacial score (nSPS) is 17.9. The second kappa shape index (κ2) is 5.01. The first-order chi connectivity index (χ1) is 9.24. The number of pyridine rings is 1. The maximum absolute atomic E-state index is 10.9. The van der Waals surface area contributed by atoms with Gasteiger partial charge < -0.3 is 9.51 Å². The van der Waals surface area contributed by atoms with E-state index in [9.17, 15) is 4.79 Å². The SMILES string of the molecule is O=C(O)C1CCN(Cc2cnc3ccccn23)CC1. The van der Waals surface area contributed by atoms with Crippen molar-refractivity contribution in [2.24, 2.45) is 5.92 Å². The summed E-state index contributed by atoms with van der Waals surface area (Å²) in [6.45, 7) is 2.52. The number of likely N-dealkylation sites (tertiary alicyclic amines) is 1. The highest BCUT2D eigenvalue weighted by molar-refractivity contribution is 5.70. The molecule has 0 aliphatic carbocycles. The molecule has 1 aliphatic heterocycles. The van der Waals surface area contributed by atoms with E-state index in [1.807, 2.05) is 30.6 Å². The van der Waals surface area contributed by atoms with Gasteiger partial charge in [-0.1, -0.05) is 6.07 Å². The molecule has 1 N–H and O–H groups in total. The van der Waals surface area contributed by atoms with Crippen LogP contribution in [0.1, 0.15) is 18.5 Å². The molecule has 100 valence electrons. The quantitative estimate of drug-likeness (QED) is 0.910. The van der Waals surface area contributed by atoms with E-state index in [-0.39, 0.29) is 5.92 Å². The second-order valence-corrected chi connectivity index (χ2v) is 5.07. The summed E-state index contributed by atoms with van der Waals surface area (Å²) in [7, 11) is 0. The van der Waals surface area contributed by atoms with Gasteiger partial charge in [-0.15, -0.1) is 0 Å². The average Bonchev–Trinajstić information content (AvgIpc) is 2.83. The summed E-state index contributed by atoms with van der Waals surface area (Å²) in [5, 5.41) is 8.99. The Hall–Kier alpha value is -1.88. The third-order valence-electron chi connectivity index (χ3n) is 3.82. The summed E-state index contributed by atoms with van der Waals surface area (Å²) < 4.78 is 2.09. The minimum atomic E-state index is -0.658. The average molecular weight is 259 g/mol. The van der Waals surface area contributed by atoms with Gasteiger partial charge in [-0.25, -0.2) is 4.98 Å². The van der Waals surface area contributed by atoms with E-state index in [1.54, 1.807) is 0 Å². The lowest BCUT2D eigenvalue weighted by atomic mass is 9.97. The first kappa shape index (κ1) is 12.2. The minimum absolute atomic E-state index is 0.168. The lowest BCUT2D eigenvalue weighted by Crippen LogP contribution is -2.36. The van der Waals surface area contributed by atoms with E-state index in [1.165, 1.54) is 0 Å². The molecule has 0 spiro atoms.